The van der Waals surface area contributed by atoms with Crippen LogP contribution in [0.3, 0.4) is 0 Å². The van der Waals surface area contributed by atoms with Gasteiger partial charge in [0.05, 0.1) is 9.79 Å². The number of sulfonamides is 2. The van der Waals surface area contributed by atoms with Gasteiger partial charge in [0.25, 0.3) is 0 Å². The van der Waals surface area contributed by atoms with E-state index in [4.69, 9.17) is 0 Å². The van der Waals surface area contributed by atoms with Crippen LogP contribution in [0, 0.1) is 5.82 Å². The second-order valence-electron chi connectivity index (χ2n) is 7.14. The van der Waals surface area contributed by atoms with Crippen LogP contribution < -0.4 is 10.0 Å². The standard InChI is InChI=1S/C20H24FN3O5S2/c21-16-4-8-18(9-5-16)30(26,27)22-13-12-20(25)23-17-6-10-19(11-7-17)31(28,29)24-14-2-1-3-15-24/h4-11,22H,1-3,12-15H2,(H,23,25). The maximum atomic E-state index is 12.9. The molecule has 11 heteroatoms. The Morgan fingerprint density at radius 3 is 2.06 bits per heavy atom. The van der Waals surface area contributed by atoms with Gasteiger partial charge >= 0.3 is 0 Å². The Morgan fingerprint density at radius 1 is 0.871 bits per heavy atom. The number of hydrogen-bond donors (Lipinski definition) is 2. The first-order valence-electron chi connectivity index (χ1n) is 9.84. The van der Waals surface area contributed by atoms with Crippen molar-refractivity contribution >= 4 is 31.6 Å². The minimum atomic E-state index is -3.85. The van der Waals surface area contributed by atoms with Gasteiger partial charge in [0, 0.05) is 31.7 Å². The SMILES string of the molecule is O=C(CCNS(=O)(=O)c1ccc(F)cc1)Nc1ccc(S(=O)(=O)N2CCCCC2)cc1. The zero-order valence-electron chi connectivity index (χ0n) is 16.8. The van der Waals surface area contributed by atoms with Gasteiger partial charge in [-0.1, -0.05) is 6.42 Å². The van der Waals surface area contributed by atoms with Crippen molar-refractivity contribution in [3.05, 3.63) is 54.3 Å². The summed E-state index contributed by atoms with van der Waals surface area (Å²) in [6, 6.07) is 10.2. The third-order valence-corrected chi connectivity index (χ3v) is 8.25. The summed E-state index contributed by atoms with van der Waals surface area (Å²) in [7, 11) is -7.39. The van der Waals surface area contributed by atoms with E-state index in [1.807, 2.05) is 0 Å². The molecule has 0 bridgehead atoms. The molecule has 0 saturated carbocycles. The molecule has 168 valence electrons. The minimum absolute atomic E-state index is 0.0974. The van der Waals surface area contributed by atoms with Gasteiger partial charge in [-0.3, -0.25) is 4.79 Å². The summed E-state index contributed by atoms with van der Waals surface area (Å²) in [5, 5.41) is 2.60. The topological polar surface area (TPSA) is 113 Å². The summed E-state index contributed by atoms with van der Waals surface area (Å²) in [5.41, 5.74) is 0.406. The number of amides is 1. The third-order valence-electron chi connectivity index (χ3n) is 4.86. The molecule has 0 aliphatic carbocycles. The van der Waals surface area contributed by atoms with Crippen LogP contribution in [0.4, 0.5) is 10.1 Å². The molecule has 2 aromatic rings. The van der Waals surface area contributed by atoms with Crippen molar-refractivity contribution in [2.45, 2.75) is 35.5 Å². The lowest BCUT2D eigenvalue weighted by Crippen LogP contribution is -2.35. The number of hydrogen-bond acceptors (Lipinski definition) is 5. The minimum Gasteiger partial charge on any atom is -0.326 e. The van der Waals surface area contributed by atoms with Gasteiger partial charge in [-0.25, -0.2) is 25.9 Å². The van der Waals surface area contributed by atoms with Crippen molar-refractivity contribution in [3.8, 4) is 0 Å². The Balaban J connectivity index is 1.52. The fourth-order valence-corrected chi connectivity index (χ4v) is 5.73. The lowest BCUT2D eigenvalue weighted by atomic mass is 10.2. The molecule has 1 amide bonds. The molecule has 0 atom stereocenters. The molecule has 2 N–H and O–H groups in total. The van der Waals surface area contributed by atoms with Crippen LogP contribution in [0.1, 0.15) is 25.7 Å². The molecule has 0 unspecified atom stereocenters. The molecule has 1 heterocycles. The van der Waals surface area contributed by atoms with Crippen LogP contribution in [0.15, 0.2) is 58.3 Å². The van der Waals surface area contributed by atoms with Gasteiger partial charge in [-0.05, 0) is 61.4 Å². The van der Waals surface area contributed by atoms with E-state index in [1.54, 1.807) is 0 Å². The van der Waals surface area contributed by atoms with E-state index >= 15 is 0 Å². The van der Waals surface area contributed by atoms with Crippen molar-refractivity contribution < 1.29 is 26.0 Å². The normalized spacial score (nSPS) is 15.5. The van der Waals surface area contributed by atoms with Crippen molar-refractivity contribution in [2.75, 3.05) is 25.0 Å². The highest BCUT2D eigenvalue weighted by atomic mass is 32.2. The maximum Gasteiger partial charge on any atom is 0.243 e. The van der Waals surface area contributed by atoms with E-state index in [2.05, 4.69) is 10.0 Å². The van der Waals surface area contributed by atoms with Crippen LogP contribution >= 0.6 is 0 Å². The maximum absolute atomic E-state index is 12.9. The number of rotatable bonds is 8. The molecule has 31 heavy (non-hydrogen) atoms. The van der Waals surface area contributed by atoms with E-state index in [0.717, 1.165) is 43.5 Å². The fraction of sp³-hybridized carbons (Fsp3) is 0.350. The van der Waals surface area contributed by atoms with Crippen molar-refractivity contribution in [1.82, 2.24) is 9.03 Å². The number of benzene rings is 2. The number of halogens is 1. The number of nitrogens with one attached hydrogen (secondary N) is 2. The largest absolute Gasteiger partial charge is 0.326 e. The molecule has 1 aliphatic rings. The number of nitrogens with zero attached hydrogens (tertiary/aromatic N) is 1. The van der Waals surface area contributed by atoms with Crippen molar-refractivity contribution in [3.63, 3.8) is 0 Å². The zero-order valence-corrected chi connectivity index (χ0v) is 18.4. The zero-order chi connectivity index (χ0) is 22.5. The second-order valence-corrected chi connectivity index (χ2v) is 10.8. The highest BCUT2D eigenvalue weighted by Crippen LogP contribution is 2.22. The number of carbonyl (C=O) groups is 1. The summed E-state index contributed by atoms with van der Waals surface area (Å²) < 4.78 is 66.2. The van der Waals surface area contributed by atoms with Crippen LogP contribution in [0.2, 0.25) is 0 Å². The summed E-state index contributed by atoms with van der Waals surface area (Å²) in [6.07, 6.45) is 2.59. The van der Waals surface area contributed by atoms with Crippen LogP contribution in [-0.4, -0.2) is 46.7 Å². The summed E-state index contributed by atoms with van der Waals surface area (Å²) in [6.45, 7) is 0.871. The molecule has 1 saturated heterocycles. The van der Waals surface area contributed by atoms with Gasteiger partial charge < -0.3 is 5.32 Å². The third kappa shape index (κ3) is 6.10. The number of piperidine rings is 1. The molecule has 0 aromatic heterocycles. The van der Waals surface area contributed by atoms with E-state index in [-0.39, 0.29) is 22.8 Å². The average molecular weight is 470 g/mol. The van der Waals surface area contributed by atoms with E-state index in [9.17, 15) is 26.0 Å². The Kier molecular flexibility index (Phi) is 7.42. The Labute approximate surface area is 181 Å². The first-order valence-corrected chi connectivity index (χ1v) is 12.8. The van der Waals surface area contributed by atoms with Crippen LogP contribution in [0.5, 0.6) is 0 Å². The molecule has 0 spiro atoms. The van der Waals surface area contributed by atoms with Crippen molar-refractivity contribution in [1.29, 1.82) is 0 Å². The Morgan fingerprint density at radius 2 is 1.45 bits per heavy atom. The van der Waals surface area contributed by atoms with Crippen molar-refractivity contribution in [2.24, 2.45) is 0 Å². The van der Waals surface area contributed by atoms with Gasteiger partial charge in [-0.2, -0.15) is 4.31 Å². The van der Waals surface area contributed by atoms with Crippen LogP contribution in [-0.2, 0) is 24.8 Å². The first-order chi connectivity index (χ1) is 14.7. The summed E-state index contributed by atoms with van der Waals surface area (Å²) >= 11 is 0. The second kappa shape index (κ2) is 9.86. The summed E-state index contributed by atoms with van der Waals surface area (Å²) in [5.74, 6) is -0.985. The van der Waals surface area contributed by atoms with E-state index in [1.165, 1.54) is 28.6 Å². The van der Waals surface area contributed by atoms with Gasteiger partial charge in [0.2, 0.25) is 26.0 Å². The van der Waals surface area contributed by atoms with Gasteiger partial charge in [0.15, 0.2) is 0 Å². The average Bonchev–Trinajstić information content (AvgIpc) is 2.75. The van der Waals surface area contributed by atoms with E-state index in [0.29, 0.717) is 18.8 Å². The monoisotopic (exact) mass is 469 g/mol. The lowest BCUT2D eigenvalue weighted by Gasteiger charge is -2.25. The van der Waals surface area contributed by atoms with Gasteiger partial charge in [-0.15, -0.1) is 0 Å². The molecule has 8 nitrogen and oxygen atoms in total. The molecular formula is C20H24FN3O5S2. The Bertz CT molecular complexity index is 1110. The lowest BCUT2D eigenvalue weighted by molar-refractivity contribution is -0.116. The molecule has 1 fully saturated rings. The predicted octanol–water partition coefficient (Wildman–Crippen LogP) is 2.31. The van der Waals surface area contributed by atoms with E-state index < -0.39 is 31.8 Å². The highest BCUT2D eigenvalue weighted by molar-refractivity contribution is 7.89. The molecule has 2 aromatic carbocycles. The van der Waals surface area contributed by atoms with Crippen LogP contribution in [0.25, 0.3) is 0 Å². The molecule has 3 rings (SSSR count). The number of carbonyl (C=O) groups excluding carboxylic acids is 1. The highest BCUT2D eigenvalue weighted by Gasteiger charge is 2.25. The quantitative estimate of drug-likeness (QED) is 0.616. The fourth-order valence-electron chi connectivity index (χ4n) is 3.18. The first kappa shape index (κ1) is 23.3. The summed E-state index contributed by atoms with van der Waals surface area (Å²) in [4.78, 5) is 12.2. The molecule has 0 radical (unpaired) electrons. The Hall–Kier alpha value is -2.34. The predicted molar refractivity (Wildman–Crippen MR) is 114 cm³/mol. The molecular weight excluding hydrogens is 445 g/mol. The van der Waals surface area contributed by atoms with Gasteiger partial charge in [0.1, 0.15) is 5.82 Å². The number of anilines is 1. The smallest absolute Gasteiger partial charge is 0.243 e. The molecule has 1 aliphatic heterocycles.